The quantitative estimate of drug-likeness (QED) is 0.751. The van der Waals surface area contributed by atoms with Crippen LogP contribution in [0.15, 0.2) is 59.5 Å². The largest absolute Gasteiger partial charge is 0.333 e. The number of rotatable bonds is 3. The first kappa shape index (κ1) is 15.6. The van der Waals surface area contributed by atoms with Gasteiger partial charge in [0, 0.05) is 23.2 Å². The number of thioether (sulfide) groups is 1. The van der Waals surface area contributed by atoms with Crippen molar-refractivity contribution in [3.8, 4) is 0 Å². The summed E-state index contributed by atoms with van der Waals surface area (Å²) in [7, 11) is 0. The molecule has 2 aromatic carbocycles. The molecule has 0 spiro atoms. The molecule has 0 N–H and O–H groups in total. The second-order valence-corrected chi connectivity index (χ2v) is 7.04. The zero-order valence-electron chi connectivity index (χ0n) is 12.2. The van der Waals surface area contributed by atoms with Crippen LogP contribution in [0.4, 0.5) is 0 Å². The Kier molecular flexibility index (Phi) is 5.21. The second-order valence-electron chi connectivity index (χ2n) is 5.42. The van der Waals surface area contributed by atoms with Crippen molar-refractivity contribution in [2.24, 2.45) is 0 Å². The monoisotopic (exact) mass is 375 g/mol. The van der Waals surface area contributed by atoms with Crippen LogP contribution in [0.5, 0.6) is 0 Å². The summed E-state index contributed by atoms with van der Waals surface area (Å²) < 4.78 is 0. The first-order valence-electron chi connectivity index (χ1n) is 7.38. The lowest BCUT2D eigenvalue weighted by molar-refractivity contribution is -0.130. The van der Waals surface area contributed by atoms with E-state index in [0.717, 1.165) is 12.2 Å². The summed E-state index contributed by atoms with van der Waals surface area (Å²) in [6.45, 7) is 0.700. The fourth-order valence-corrected chi connectivity index (χ4v) is 4.27. The van der Waals surface area contributed by atoms with Gasteiger partial charge in [0.25, 0.3) is 0 Å². The average molecular weight is 376 g/mol. The van der Waals surface area contributed by atoms with Crippen LogP contribution in [0.2, 0.25) is 0 Å². The highest BCUT2D eigenvalue weighted by Gasteiger charge is 2.27. The van der Waals surface area contributed by atoms with Crippen molar-refractivity contribution in [3.05, 3.63) is 65.7 Å². The van der Waals surface area contributed by atoms with Gasteiger partial charge in [-0.3, -0.25) is 4.79 Å². The van der Waals surface area contributed by atoms with Crippen LogP contribution in [0.3, 0.4) is 0 Å². The van der Waals surface area contributed by atoms with Crippen molar-refractivity contribution in [3.63, 3.8) is 0 Å². The SMILES string of the molecule is O=C(CBr)N1Cc2ccccc2SCC1Cc1ccccc1. The number of carbonyl (C=O) groups excluding carboxylic acids is 1. The van der Waals surface area contributed by atoms with E-state index >= 15 is 0 Å². The molecule has 1 aliphatic rings. The van der Waals surface area contributed by atoms with E-state index < -0.39 is 0 Å². The molecule has 1 amide bonds. The van der Waals surface area contributed by atoms with E-state index in [1.807, 2.05) is 28.8 Å². The summed E-state index contributed by atoms with van der Waals surface area (Å²) in [6, 6.07) is 19.1. The molecular formula is C18H18BrNOS. The van der Waals surface area contributed by atoms with E-state index in [-0.39, 0.29) is 11.9 Å². The molecule has 22 heavy (non-hydrogen) atoms. The highest BCUT2D eigenvalue weighted by atomic mass is 79.9. The summed E-state index contributed by atoms with van der Waals surface area (Å²) in [5.74, 6) is 1.10. The molecule has 0 radical (unpaired) electrons. The normalized spacial score (nSPS) is 17.7. The third kappa shape index (κ3) is 3.55. The van der Waals surface area contributed by atoms with Gasteiger partial charge in [-0.1, -0.05) is 64.5 Å². The van der Waals surface area contributed by atoms with Crippen molar-refractivity contribution >= 4 is 33.6 Å². The number of benzene rings is 2. The van der Waals surface area contributed by atoms with Crippen LogP contribution in [0, 0.1) is 0 Å². The Bertz CT molecular complexity index is 647. The molecule has 1 heterocycles. The Morgan fingerprint density at radius 2 is 1.86 bits per heavy atom. The summed E-state index contributed by atoms with van der Waals surface area (Å²) in [5.41, 5.74) is 2.53. The molecular weight excluding hydrogens is 358 g/mol. The number of halogens is 1. The number of fused-ring (bicyclic) bond motifs is 1. The summed E-state index contributed by atoms with van der Waals surface area (Å²) in [5, 5.41) is 0.380. The van der Waals surface area contributed by atoms with Gasteiger partial charge in [0.1, 0.15) is 0 Å². The maximum absolute atomic E-state index is 12.4. The molecule has 0 saturated heterocycles. The molecule has 4 heteroatoms. The van der Waals surface area contributed by atoms with Gasteiger partial charge in [0.15, 0.2) is 0 Å². The molecule has 114 valence electrons. The maximum atomic E-state index is 12.4. The Morgan fingerprint density at radius 1 is 1.14 bits per heavy atom. The molecule has 3 rings (SSSR count). The molecule has 2 nitrogen and oxygen atoms in total. The number of alkyl halides is 1. The van der Waals surface area contributed by atoms with Crippen molar-refractivity contribution in [2.75, 3.05) is 11.1 Å². The predicted octanol–water partition coefficient (Wildman–Crippen LogP) is 4.13. The first-order valence-corrected chi connectivity index (χ1v) is 9.48. The van der Waals surface area contributed by atoms with Crippen molar-refractivity contribution in [2.45, 2.75) is 23.9 Å². The highest BCUT2D eigenvalue weighted by Crippen LogP contribution is 2.31. The second kappa shape index (κ2) is 7.34. The van der Waals surface area contributed by atoms with Crippen LogP contribution >= 0.6 is 27.7 Å². The summed E-state index contributed by atoms with van der Waals surface area (Å²) >= 11 is 5.19. The minimum Gasteiger partial charge on any atom is -0.333 e. The maximum Gasteiger partial charge on any atom is 0.233 e. The zero-order chi connectivity index (χ0) is 15.4. The highest BCUT2D eigenvalue weighted by molar-refractivity contribution is 9.09. The molecule has 1 unspecified atom stereocenters. The van der Waals surface area contributed by atoms with Gasteiger partial charge in [-0.25, -0.2) is 0 Å². The van der Waals surface area contributed by atoms with Crippen LogP contribution in [-0.4, -0.2) is 27.9 Å². The Balaban J connectivity index is 1.86. The zero-order valence-corrected chi connectivity index (χ0v) is 14.6. The number of nitrogens with zero attached hydrogens (tertiary/aromatic N) is 1. The number of carbonyl (C=O) groups is 1. The van der Waals surface area contributed by atoms with E-state index in [4.69, 9.17) is 0 Å². The predicted molar refractivity (Wildman–Crippen MR) is 95.4 cm³/mol. The third-order valence-electron chi connectivity index (χ3n) is 3.93. The van der Waals surface area contributed by atoms with E-state index in [0.29, 0.717) is 11.9 Å². The Morgan fingerprint density at radius 3 is 2.64 bits per heavy atom. The van der Waals surface area contributed by atoms with E-state index in [1.54, 1.807) is 0 Å². The van der Waals surface area contributed by atoms with Gasteiger partial charge in [0.05, 0.1) is 5.33 Å². The lowest BCUT2D eigenvalue weighted by Gasteiger charge is -2.29. The number of amides is 1. The average Bonchev–Trinajstić information content (AvgIpc) is 2.75. The fraction of sp³-hybridized carbons (Fsp3) is 0.278. The molecule has 0 aliphatic carbocycles. The van der Waals surface area contributed by atoms with Crippen LogP contribution < -0.4 is 0 Å². The van der Waals surface area contributed by atoms with Crippen LogP contribution in [0.25, 0.3) is 0 Å². The standard InChI is InChI=1S/C18H18BrNOS/c19-11-18(21)20-12-15-8-4-5-9-17(15)22-13-16(20)10-14-6-2-1-3-7-14/h1-9,16H,10-13H2. The lowest BCUT2D eigenvalue weighted by Crippen LogP contribution is -2.42. The van der Waals surface area contributed by atoms with Gasteiger partial charge < -0.3 is 4.90 Å². The lowest BCUT2D eigenvalue weighted by atomic mass is 10.0. The molecule has 0 saturated carbocycles. The number of hydrogen-bond donors (Lipinski definition) is 0. The number of hydrogen-bond acceptors (Lipinski definition) is 2. The third-order valence-corrected chi connectivity index (χ3v) is 5.67. The van der Waals surface area contributed by atoms with Crippen LogP contribution in [0.1, 0.15) is 11.1 Å². The van der Waals surface area contributed by atoms with Gasteiger partial charge in [-0.15, -0.1) is 11.8 Å². The molecule has 1 atom stereocenters. The molecule has 0 fully saturated rings. The Labute approximate surface area is 144 Å². The smallest absolute Gasteiger partial charge is 0.233 e. The van der Waals surface area contributed by atoms with Gasteiger partial charge in [0.2, 0.25) is 5.91 Å². The van der Waals surface area contributed by atoms with Crippen molar-refractivity contribution in [1.82, 2.24) is 4.90 Å². The molecule has 1 aliphatic heterocycles. The van der Waals surface area contributed by atoms with Gasteiger partial charge in [-0.2, -0.15) is 0 Å². The summed E-state index contributed by atoms with van der Waals surface area (Å²) in [4.78, 5) is 15.7. The molecule has 0 aromatic heterocycles. The fourth-order valence-electron chi connectivity index (χ4n) is 2.79. The van der Waals surface area contributed by atoms with Gasteiger partial charge in [-0.05, 0) is 23.6 Å². The topological polar surface area (TPSA) is 20.3 Å². The molecule has 2 aromatic rings. The van der Waals surface area contributed by atoms with Gasteiger partial charge >= 0.3 is 0 Å². The van der Waals surface area contributed by atoms with E-state index in [2.05, 4.69) is 58.4 Å². The van der Waals surface area contributed by atoms with E-state index in [1.165, 1.54) is 16.0 Å². The van der Waals surface area contributed by atoms with Crippen molar-refractivity contribution < 1.29 is 4.79 Å². The molecule has 0 bridgehead atoms. The summed E-state index contributed by atoms with van der Waals surface area (Å²) in [6.07, 6.45) is 0.903. The minimum absolute atomic E-state index is 0.165. The first-order chi connectivity index (χ1) is 10.8. The van der Waals surface area contributed by atoms with Crippen LogP contribution in [-0.2, 0) is 17.8 Å². The van der Waals surface area contributed by atoms with Crippen molar-refractivity contribution in [1.29, 1.82) is 0 Å². The van der Waals surface area contributed by atoms with E-state index in [9.17, 15) is 4.79 Å². The Hall–Kier alpha value is -1.26. The minimum atomic E-state index is 0.165.